The molecular weight excluding hydrogens is 220 g/mol. The maximum Gasteiger partial charge on any atom is 0.0617 e. The quantitative estimate of drug-likeness (QED) is 0.734. The van der Waals surface area contributed by atoms with E-state index in [9.17, 15) is 0 Å². The molecule has 3 heteroatoms. The number of benzene rings is 2. The lowest BCUT2D eigenvalue weighted by Gasteiger charge is -2.08. The highest BCUT2D eigenvalue weighted by molar-refractivity contribution is 5.72. The summed E-state index contributed by atoms with van der Waals surface area (Å²) in [6.45, 7) is 2.07. The molecular formula is C13H14ClN2-. The zero-order valence-corrected chi connectivity index (χ0v) is 9.83. The molecule has 0 aliphatic carbocycles. The molecule has 16 heavy (non-hydrogen) atoms. The molecule has 0 aliphatic heterocycles. The summed E-state index contributed by atoms with van der Waals surface area (Å²) in [5, 5.41) is 3.27. The van der Waals surface area contributed by atoms with Crippen LogP contribution in [0.1, 0.15) is 5.56 Å². The molecule has 84 valence electrons. The van der Waals surface area contributed by atoms with E-state index in [4.69, 9.17) is 5.73 Å². The van der Waals surface area contributed by atoms with Gasteiger partial charge in [0.15, 0.2) is 0 Å². The number of anilines is 3. The van der Waals surface area contributed by atoms with E-state index in [2.05, 4.69) is 24.4 Å². The topological polar surface area (TPSA) is 38.0 Å². The molecule has 0 unspecified atom stereocenters. The van der Waals surface area contributed by atoms with Crippen LogP contribution in [0.3, 0.4) is 0 Å². The van der Waals surface area contributed by atoms with Crippen molar-refractivity contribution in [2.75, 3.05) is 11.1 Å². The average molecular weight is 234 g/mol. The van der Waals surface area contributed by atoms with Crippen LogP contribution in [0.5, 0.6) is 0 Å². The summed E-state index contributed by atoms with van der Waals surface area (Å²) >= 11 is 0. The molecule has 0 saturated carbocycles. The number of hydrogen-bond acceptors (Lipinski definition) is 2. The molecule has 0 fully saturated rings. The highest BCUT2D eigenvalue weighted by atomic mass is 35.5. The molecule has 0 aromatic heterocycles. The van der Waals surface area contributed by atoms with E-state index in [0.29, 0.717) is 0 Å². The maximum absolute atomic E-state index is 5.84. The van der Waals surface area contributed by atoms with Gasteiger partial charge in [-0.15, -0.1) is 0 Å². The fraction of sp³-hybridized carbons (Fsp3) is 0.0769. The van der Waals surface area contributed by atoms with Gasteiger partial charge in [-0.05, 0) is 31.2 Å². The average Bonchev–Trinajstić information content (AvgIpc) is 2.25. The van der Waals surface area contributed by atoms with E-state index in [1.165, 1.54) is 5.56 Å². The summed E-state index contributed by atoms with van der Waals surface area (Å²) in [6.07, 6.45) is 0. The standard InChI is InChI=1S/C13H14N2.ClH/c1-10-6-8-11(9-7-10)15-13-5-3-2-4-12(13)14;/h2-9,15H,14H2,1H3;1H/p-1. The van der Waals surface area contributed by atoms with Crippen molar-refractivity contribution in [2.45, 2.75) is 6.92 Å². The summed E-state index contributed by atoms with van der Waals surface area (Å²) in [5.74, 6) is 0. The fourth-order valence-electron chi connectivity index (χ4n) is 1.40. The summed E-state index contributed by atoms with van der Waals surface area (Å²) < 4.78 is 0. The SMILES string of the molecule is Cc1ccc(Nc2ccccc2N)cc1.[Cl-]. The molecule has 0 saturated heterocycles. The first-order valence-electron chi connectivity index (χ1n) is 4.94. The minimum atomic E-state index is 0. The van der Waals surface area contributed by atoms with Gasteiger partial charge < -0.3 is 23.5 Å². The van der Waals surface area contributed by atoms with Gasteiger partial charge in [-0.3, -0.25) is 0 Å². The largest absolute Gasteiger partial charge is 1.00 e. The number of nitrogens with two attached hydrogens (primary N) is 1. The Balaban J connectivity index is 0.00000128. The molecule has 0 aliphatic rings. The summed E-state index contributed by atoms with van der Waals surface area (Å²) in [7, 11) is 0. The smallest absolute Gasteiger partial charge is 0.0617 e. The van der Waals surface area contributed by atoms with Crippen LogP contribution in [0.2, 0.25) is 0 Å². The molecule has 2 aromatic carbocycles. The predicted molar refractivity (Wildman–Crippen MR) is 65.3 cm³/mol. The van der Waals surface area contributed by atoms with Gasteiger partial charge >= 0.3 is 0 Å². The summed E-state index contributed by atoms with van der Waals surface area (Å²) in [4.78, 5) is 0. The van der Waals surface area contributed by atoms with Crippen LogP contribution >= 0.6 is 0 Å². The highest BCUT2D eigenvalue weighted by Crippen LogP contribution is 2.22. The lowest BCUT2D eigenvalue weighted by atomic mass is 10.2. The fourth-order valence-corrected chi connectivity index (χ4v) is 1.40. The van der Waals surface area contributed by atoms with Crippen LogP contribution in [0.4, 0.5) is 17.1 Å². The number of nitrogen functional groups attached to an aromatic ring is 1. The Bertz CT molecular complexity index is 452. The molecule has 0 amide bonds. The van der Waals surface area contributed by atoms with Gasteiger partial charge in [-0.25, -0.2) is 0 Å². The summed E-state index contributed by atoms with van der Waals surface area (Å²) in [6, 6.07) is 16.0. The van der Waals surface area contributed by atoms with E-state index >= 15 is 0 Å². The Morgan fingerprint density at radius 2 is 1.56 bits per heavy atom. The number of hydrogen-bond donors (Lipinski definition) is 2. The minimum absolute atomic E-state index is 0. The van der Waals surface area contributed by atoms with Gasteiger partial charge in [0.05, 0.1) is 11.4 Å². The van der Waals surface area contributed by atoms with Crippen molar-refractivity contribution in [3.05, 3.63) is 54.1 Å². The highest BCUT2D eigenvalue weighted by Gasteiger charge is 1.97. The molecule has 0 spiro atoms. The Kier molecular flexibility index (Phi) is 4.20. The maximum atomic E-state index is 5.84. The van der Waals surface area contributed by atoms with Crippen molar-refractivity contribution in [2.24, 2.45) is 0 Å². The van der Waals surface area contributed by atoms with Crippen molar-refractivity contribution < 1.29 is 12.4 Å². The van der Waals surface area contributed by atoms with E-state index in [-0.39, 0.29) is 12.4 Å². The van der Waals surface area contributed by atoms with E-state index in [1.54, 1.807) is 0 Å². The molecule has 0 bridgehead atoms. The normalized spacial score (nSPS) is 9.31. The number of rotatable bonds is 2. The second-order valence-corrected chi connectivity index (χ2v) is 3.58. The molecule has 0 radical (unpaired) electrons. The predicted octanol–water partition coefficient (Wildman–Crippen LogP) is 0.325. The van der Waals surface area contributed by atoms with Crippen LogP contribution in [-0.2, 0) is 0 Å². The van der Waals surface area contributed by atoms with Gasteiger partial charge in [-0.2, -0.15) is 0 Å². The van der Waals surface area contributed by atoms with Gasteiger partial charge in [0.1, 0.15) is 0 Å². The lowest BCUT2D eigenvalue weighted by molar-refractivity contribution is -0.00000307. The van der Waals surface area contributed by atoms with Gasteiger partial charge in [0.2, 0.25) is 0 Å². The molecule has 0 heterocycles. The Labute approximate surface area is 102 Å². The van der Waals surface area contributed by atoms with Crippen LogP contribution < -0.4 is 23.5 Å². The Morgan fingerprint density at radius 1 is 0.938 bits per heavy atom. The van der Waals surface area contributed by atoms with Crippen LogP contribution in [0.25, 0.3) is 0 Å². The molecule has 2 rings (SSSR count). The molecule has 0 atom stereocenters. The first-order valence-corrected chi connectivity index (χ1v) is 4.94. The third-order valence-electron chi connectivity index (χ3n) is 2.29. The monoisotopic (exact) mass is 233 g/mol. The minimum Gasteiger partial charge on any atom is -1.00 e. The molecule has 3 N–H and O–H groups in total. The van der Waals surface area contributed by atoms with Crippen LogP contribution in [-0.4, -0.2) is 0 Å². The molecule has 2 nitrogen and oxygen atoms in total. The van der Waals surface area contributed by atoms with Crippen LogP contribution in [0.15, 0.2) is 48.5 Å². The lowest BCUT2D eigenvalue weighted by Crippen LogP contribution is -3.00. The first kappa shape index (κ1) is 12.4. The number of aryl methyl sites for hydroxylation is 1. The Morgan fingerprint density at radius 3 is 2.19 bits per heavy atom. The van der Waals surface area contributed by atoms with Crippen molar-refractivity contribution >= 4 is 17.1 Å². The number of nitrogens with one attached hydrogen (secondary N) is 1. The molecule has 2 aromatic rings. The second-order valence-electron chi connectivity index (χ2n) is 3.58. The first-order chi connectivity index (χ1) is 7.25. The van der Waals surface area contributed by atoms with Crippen molar-refractivity contribution in [1.29, 1.82) is 0 Å². The Hall–Kier alpha value is -1.67. The number of halogens is 1. The zero-order valence-electron chi connectivity index (χ0n) is 9.07. The van der Waals surface area contributed by atoms with Crippen molar-refractivity contribution in [1.82, 2.24) is 0 Å². The van der Waals surface area contributed by atoms with Crippen molar-refractivity contribution in [3.63, 3.8) is 0 Å². The van der Waals surface area contributed by atoms with Crippen molar-refractivity contribution in [3.8, 4) is 0 Å². The number of para-hydroxylation sites is 2. The third kappa shape index (κ3) is 2.91. The van der Waals surface area contributed by atoms with Gasteiger partial charge in [0, 0.05) is 5.69 Å². The third-order valence-corrected chi connectivity index (χ3v) is 2.29. The zero-order chi connectivity index (χ0) is 10.7. The van der Waals surface area contributed by atoms with E-state index in [0.717, 1.165) is 17.1 Å². The van der Waals surface area contributed by atoms with Gasteiger partial charge in [0.25, 0.3) is 0 Å². The van der Waals surface area contributed by atoms with E-state index < -0.39 is 0 Å². The van der Waals surface area contributed by atoms with Crippen LogP contribution in [0, 0.1) is 6.92 Å². The summed E-state index contributed by atoms with van der Waals surface area (Å²) in [5.41, 5.74) is 9.85. The van der Waals surface area contributed by atoms with E-state index in [1.807, 2.05) is 36.4 Å². The van der Waals surface area contributed by atoms with Gasteiger partial charge in [-0.1, -0.05) is 29.8 Å². The second kappa shape index (κ2) is 5.42.